The molecule has 1 aromatic heterocycles. The van der Waals surface area contributed by atoms with Crippen LogP contribution >= 0.6 is 0 Å². The Labute approximate surface area is 117 Å². The van der Waals surface area contributed by atoms with Crippen LogP contribution in [0.3, 0.4) is 0 Å². The van der Waals surface area contributed by atoms with E-state index in [2.05, 4.69) is 14.9 Å². The van der Waals surface area contributed by atoms with Gasteiger partial charge in [0.2, 0.25) is 0 Å². The third-order valence-corrected chi connectivity index (χ3v) is 4.42. The molecule has 3 rings (SSSR count). The summed E-state index contributed by atoms with van der Waals surface area (Å²) < 4.78 is 32.5. The lowest BCUT2D eigenvalue weighted by molar-refractivity contribution is 0.301. The summed E-state index contributed by atoms with van der Waals surface area (Å²) in [5.74, 6) is 1.15. The smallest absolute Gasteiger partial charge is 0.265 e. The fourth-order valence-corrected chi connectivity index (χ4v) is 2.73. The van der Waals surface area contributed by atoms with E-state index >= 15 is 0 Å². The summed E-state index contributed by atoms with van der Waals surface area (Å²) in [5.41, 5.74) is 0.439. The summed E-state index contributed by atoms with van der Waals surface area (Å²) in [6.07, 6.45) is 4.96. The molecule has 7 heteroatoms. The van der Waals surface area contributed by atoms with Crippen LogP contribution in [0.4, 0.5) is 5.69 Å². The molecule has 0 bridgehead atoms. The Balaban J connectivity index is 1.79. The van der Waals surface area contributed by atoms with Crippen LogP contribution in [0, 0.1) is 5.92 Å². The van der Waals surface area contributed by atoms with Crippen molar-refractivity contribution in [3.05, 3.63) is 36.7 Å². The molecular weight excluding hydrogens is 278 g/mol. The Morgan fingerprint density at radius 3 is 2.85 bits per heavy atom. The zero-order chi connectivity index (χ0) is 14.0. The van der Waals surface area contributed by atoms with E-state index in [0.717, 1.165) is 0 Å². The third-order valence-electron chi connectivity index (χ3n) is 3.09. The number of para-hydroxylation sites is 2. The maximum absolute atomic E-state index is 12.1. The Kier molecular flexibility index (Phi) is 3.35. The molecule has 106 valence electrons. The fourth-order valence-electron chi connectivity index (χ4n) is 1.76. The van der Waals surface area contributed by atoms with E-state index in [1.165, 1.54) is 25.2 Å². The molecule has 0 amide bonds. The number of hydrogen-bond acceptors (Lipinski definition) is 4. The van der Waals surface area contributed by atoms with E-state index in [9.17, 15) is 8.42 Å². The number of rotatable bonds is 6. The molecule has 6 nitrogen and oxygen atoms in total. The van der Waals surface area contributed by atoms with Crippen molar-refractivity contribution in [3.63, 3.8) is 0 Å². The van der Waals surface area contributed by atoms with Gasteiger partial charge in [0.25, 0.3) is 10.0 Å². The third kappa shape index (κ3) is 2.93. The van der Waals surface area contributed by atoms with Crippen molar-refractivity contribution in [2.45, 2.75) is 17.7 Å². The van der Waals surface area contributed by atoms with Crippen LogP contribution in [0.25, 0.3) is 0 Å². The lowest BCUT2D eigenvalue weighted by Gasteiger charge is -2.12. The van der Waals surface area contributed by atoms with Gasteiger partial charge in [0, 0.05) is 6.20 Å². The van der Waals surface area contributed by atoms with Gasteiger partial charge in [-0.15, -0.1) is 0 Å². The van der Waals surface area contributed by atoms with E-state index in [4.69, 9.17) is 4.74 Å². The van der Waals surface area contributed by atoms with Gasteiger partial charge >= 0.3 is 0 Å². The summed E-state index contributed by atoms with van der Waals surface area (Å²) in [6.45, 7) is 0.629. The molecule has 20 heavy (non-hydrogen) atoms. The minimum Gasteiger partial charge on any atom is -0.491 e. The number of sulfonamides is 1. The predicted molar refractivity (Wildman–Crippen MR) is 74.1 cm³/mol. The van der Waals surface area contributed by atoms with Gasteiger partial charge < -0.3 is 4.74 Å². The number of nitrogens with zero attached hydrogens (tertiary/aromatic N) is 1. The highest BCUT2D eigenvalue weighted by Gasteiger charge is 2.23. The first-order valence-corrected chi connectivity index (χ1v) is 7.87. The Morgan fingerprint density at radius 2 is 2.15 bits per heavy atom. The number of H-pyrrole nitrogens is 1. The average molecular weight is 293 g/mol. The van der Waals surface area contributed by atoms with Gasteiger partial charge in [-0.05, 0) is 30.9 Å². The van der Waals surface area contributed by atoms with Crippen LogP contribution in [0.15, 0.2) is 41.6 Å². The standard InChI is InChI=1S/C13H15N3O3S/c17-20(18,11-7-14-15-8-11)16-12-3-1-2-4-13(12)19-9-10-5-6-10/h1-4,7-8,10,16H,5-6,9H2,(H,14,15). The highest BCUT2D eigenvalue weighted by molar-refractivity contribution is 7.92. The average Bonchev–Trinajstić information content (AvgIpc) is 3.07. The molecule has 0 unspecified atom stereocenters. The molecule has 1 heterocycles. The minimum absolute atomic E-state index is 0.0921. The zero-order valence-electron chi connectivity index (χ0n) is 10.7. The van der Waals surface area contributed by atoms with Gasteiger partial charge in [-0.25, -0.2) is 8.42 Å². The highest BCUT2D eigenvalue weighted by Crippen LogP contribution is 2.32. The number of anilines is 1. The van der Waals surface area contributed by atoms with Gasteiger partial charge in [0.15, 0.2) is 0 Å². The van der Waals surface area contributed by atoms with Crippen LogP contribution < -0.4 is 9.46 Å². The van der Waals surface area contributed by atoms with Crippen LogP contribution in [-0.2, 0) is 10.0 Å². The van der Waals surface area contributed by atoms with E-state index in [-0.39, 0.29) is 4.90 Å². The molecule has 1 aliphatic carbocycles. The summed E-state index contributed by atoms with van der Waals surface area (Å²) in [6, 6.07) is 7.02. The maximum Gasteiger partial charge on any atom is 0.265 e. The zero-order valence-corrected chi connectivity index (χ0v) is 11.6. The summed E-state index contributed by atoms with van der Waals surface area (Å²) in [5, 5.41) is 6.13. The molecule has 1 aromatic carbocycles. The Morgan fingerprint density at radius 1 is 1.35 bits per heavy atom. The van der Waals surface area contributed by atoms with Crippen molar-refractivity contribution in [2.75, 3.05) is 11.3 Å². The maximum atomic E-state index is 12.1. The second-order valence-corrected chi connectivity index (χ2v) is 6.47. The molecule has 0 spiro atoms. The van der Waals surface area contributed by atoms with E-state index < -0.39 is 10.0 Å². The molecular formula is C13H15N3O3S. The van der Waals surface area contributed by atoms with E-state index in [0.29, 0.717) is 24.0 Å². The lowest BCUT2D eigenvalue weighted by Crippen LogP contribution is -2.13. The van der Waals surface area contributed by atoms with Crippen LogP contribution in [0.5, 0.6) is 5.75 Å². The SMILES string of the molecule is O=S(=O)(Nc1ccccc1OCC1CC1)c1cn[nH]c1. The van der Waals surface area contributed by atoms with Gasteiger partial charge in [-0.3, -0.25) is 9.82 Å². The van der Waals surface area contributed by atoms with Crippen molar-refractivity contribution >= 4 is 15.7 Å². The minimum atomic E-state index is -3.64. The van der Waals surface area contributed by atoms with Gasteiger partial charge in [-0.1, -0.05) is 12.1 Å². The molecule has 0 radical (unpaired) electrons. The fraction of sp³-hybridized carbons (Fsp3) is 0.308. The number of aromatic nitrogens is 2. The molecule has 0 aliphatic heterocycles. The molecule has 0 atom stereocenters. The predicted octanol–water partition coefficient (Wildman–Crippen LogP) is 2.00. The van der Waals surface area contributed by atoms with Crippen molar-refractivity contribution < 1.29 is 13.2 Å². The quantitative estimate of drug-likeness (QED) is 0.853. The number of benzene rings is 1. The Hall–Kier alpha value is -2.02. The summed E-state index contributed by atoms with van der Waals surface area (Å²) in [7, 11) is -3.64. The number of hydrogen-bond donors (Lipinski definition) is 2. The van der Waals surface area contributed by atoms with Crippen molar-refractivity contribution in [1.82, 2.24) is 10.2 Å². The second kappa shape index (κ2) is 5.16. The lowest BCUT2D eigenvalue weighted by atomic mass is 10.3. The first kappa shape index (κ1) is 13.0. The molecule has 1 saturated carbocycles. The summed E-state index contributed by atoms with van der Waals surface area (Å²) in [4.78, 5) is 0.0921. The largest absolute Gasteiger partial charge is 0.491 e. The number of nitrogens with one attached hydrogen (secondary N) is 2. The van der Waals surface area contributed by atoms with E-state index in [1.807, 2.05) is 6.07 Å². The van der Waals surface area contributed by atoms with Crippen LogP contribution in [0.2, 0.25) is 0 Å². The normalized spacial score (nSPS) is 15.0. The topological polar surface area (TPSA) is 84.1 Å². The number of ether oxygens (including phenoxy) is 1. The second-order valence-electron chi connectivity index (χ2n) is 4.79. The molecule has 2 aromatic rings. The van der Waals surface area contributed by atoms with Gasteiger partial charge in [0.1, 0.15) is 10.6 Å². The monoisotopic (exact) mass is 293 g/mol. The molecule has 1 aliphatic rings. The van der Waals surface area contributed by atoms with Gasteiger partial charge in [-0.2, -0.15) is 5.10 Å². The van der Waals surface area contributed by atoms with Crippen LogP contribution in [-0.4, -0.2) is 25.2 Å². The summed E-state index contributed by atoms with van der Waals surface area (Å²) >= 11 is 0. The van der Waals surface area contributed by atoms with Crippen molar-refractivity contribution in [3.8, 4) is 5.75 Å². The van der Waals surface area contributed by atoms with E-state index in [1.54, 1.807) is 18.2 Å². The first-order valence-electron chi connectivity index (χ1n) is 6.38. The Bertz CT molecular complexity index is 679. The molecule has 0 saturated heterocycles. The number of aromatic amines is 1. The van der Waals surface area contributed by atoms with Crippen molar-refractivity contribution in [1.29, 1.82) is 0 Å². The molecule has 2 N–H and O–H groups in total. The van der Waals surface area contributed by atoms with Gasteiger partial charge in [0.05, 0.1) is 18.5 Å². The highest BCUT2D eigenvalue weighted by atomic mass is 32.2. The first-order chi connectivity index (χ1) is 9.65. The molecule has 1 fully saturated rings. The van der Waals surface area contributed by atoms with Crippen molar-refractivity contribution in [2.24, 2.45) is 5.92 Å². The van der Waals surface area contributed by atoms with Crippen LogP contribution in [0.1, 0.15) is 12.8 Å².